The molecule has 0 fully saturated rings. The van der Waals surface area contributed by atoms with Crippen molar-refractivity contribution in [1.29, 1.82) is 0 Å². The number of hydrogen-bond donors (Lipinski definition) is 3. The zero-order chi connectivity index (χ0) is 11.5. The Morgan fingerprint density at radius 3 is 1.50 bits per heavy atom. The zero-order valence-electron chi connectivity index (χ0n) is 9.01. The third kappa shape index (κ3) is 3.61. The standard InChI is InChI=1S/C9H19NO2S2/c1-5(2)7(13)10(9(11)12)8(14)6(3)4/h5-8,13-14H,1-4H3,(H,11,12). The van der Waals surface area contributed by atoms with Crippen LogP contribution >= 0.6 is 25.3 Å². The molecule has 0 spiro atoms. The number of rotatable bonds is 4. The summed E-state index contributed by atoms with van der Waals surface area (Å²) in [6.45, 7) is 7.76. The van der Waals surface area contributed by atoms with Gasteiger partial charge in [-0.1, -0.05) is 27.7 Å². The lowest BCUT2D eigenvalue weighted by Gasteiger charge is -2.34. The lowest BCUT2D eigenvalue weighted by atomic mass is 10.1. The summed E-state index contributed by atoms with van der Waals surface area (Å²) in [6, 6.07) is 0. The number of nitrogens with zero attached hydrogens (tertiary/aromatic N) is 1. The van der Waals surface area contributed by atoms with Crippen molar-refractivity contribution in [3.05, 3.63) is 0 Å². The highest BCUT2D eigenvalue weighted by Gasteiger charge is 2.29. The molecule has 0 aliphatic heterocycles. The van der Waals surface area contributed by atoms with Gasteiger partial charge < -0.3 is 5.11 Å². The van der Waals surface area contributed by atoms with Crippen molar-refractivity contribution >= 4 is 31.4 Å². The predicted molar refractivity (Wildman–Crippen MR) is 65.1 cm³/mol. The van der Waals surface area contributed by atoms with E-state index in [-0.39, 0.29) is 22.6 Å². The van der Waals surface area contributed by atoms with Crippen molar-refractivity contribution in [2.45, 2.75) is 38.4 Å². The van der Waals surface area contributed by atoms with Crippen molar-refractivity contribution < 1.29 is 9.90 Å². The van der Waals surface area contributed by atoms with Crippen LogP contribution in [-0.4, -0.2) is 26.8 Å². The molecule has 0 saturated heterocycles. The summed E-state index contributed by atoms with van der Waals surface area (Å²) in [5.41, 5.74) is 0. The quantitative estimate of drug-likeness (QED) is 0.520. The van der Waals surface area contributed by atoms with Gasteiger partial charge in [0.1, 0.15) is 0 Å². The van der Waals surface area contributed by atoms with Crippen molar-refractivity contribution in [2.75, 3.05) is 0 Å². The minimum Gasteiger partial charge on any atom is -0.465 e. The molecule has 0 aromatic heterocycles. The average Bonchev–Trinajstić information content (AvgIpc) is 2.03. The Bertz CT molecular complexity index is 183. The summed E-state index contributed by atoms with van der Waals surface area (Å²) in [5, 5.41) is 8.42. The molecule has 0 heterocycles. The summed E-state index contributed by atoms with van der Waals surface area (Å²) >= 11 is 8.58. The summed E-state index contributed by atoms with van der Waals surface area (Å²) in [7, 11) is 0. The molecule has 0 aromatic rings. The number of carboxylic acid groups (broad SMARTS) is 1. The maximum absolute atomic E-state index is 11.0. The van der Waals surface area contributed by atoms with Gasteiger partial charge in [-0.3, -0.25) is 4.90 Å². The van der Waals surface area contributed by atoms with Gasteiger partial charge in [-0.25, -0.2) is 4.79 Å². The van der Waals surface area contributed by atoms with Gasteiger partial charge >= 0.3 is 6.09 Å². The van der Waals surface area contributed by atoms with Gasteiger partial charge in [0.15, 0.2) is 0 Å². The second kappa shape index (κ2) is 5.75. The van der Waals surface area contributed by atoms with E-state index >= 15 is 0 Å². The van der Waals surface area contributed by atoms with Crippen LogP contribution < -0.4 is 0 Å². The van der Waals surface area contributed by atoms with Crippen LogP contribution in [0.4, 0.5) is 4.79 Å². The second-order valence-corrected chi connectivity index (χ2v) is 5.06. The molecule has 0 aliphatic carbocycles. The fourth-order valence-corrected chi connectivity index (χ4v) is 1.62. The molecule has 2 atom stereocenters. The van der Waals surface area contributed by atoms with Crippen LogP contribution in [0.5, 0.6) is 0 Å². The molecule has 1 amide bonds. The van der Waals surface area contributed by atoms with Crippen molar-refractivity contribution in [2.24, 2.45) is 11.8 Å². The lowest BCUT2D eigenvalue weighted by molar-refractivity contribution is 0.118. The van der Waals surface area contributed by atoms with E-state index in [9.17, 15) is 4.79 Å². The van der Waals surface area contributed by atoms with Crippen LogP contribution in [0.3, 0.4) is 0 Å². The van der Waals surface area contributed by atoms with Crippen LogP contribution in [0.2, 0.25) is 0 Å². The van der Waals surface area contributed by atoms with E-state index in [1.807, 2.05) is 27.7 Å². The first kappa shape index (κ1) is 14.0. The highest BCUT2D eigenvalue weighted by molar-refractivity contribution is 7.81. The normalized spacial score (nSPS) is 15.7. The van der Waals surface area contributed by atoms with Gasteiger partial charge in [-0.2, -0.15) is 25.3 Å². The van der Waals surface area contributed by atoms with Gasteiger partial charge in [-0.15, -0.1) is 0 Å². The lowest BCUT2D eigenvalue weighted by Crippen LogP contribution is -2.46. The fraction of sp³-hybridized carbons (Fsp3) is 0.889. The van der Waals surface area contributed by atoms with E-state index in [0.717, 1.165) is 0 Å². The largest absolute Gasteiger partial charge is 0.465 e. The molecule has 0 saturated carbocycles. The minimum absolute atomic E-state index is 0.169. The van der Waals surface area contributed by atoms with E-state index < -0.39 is 6.09 Å². The highest BCUT2D eigenvalue weighted by Crippen LogP contribution is 2.23. The Labute approximate surface area is 96.7 Å². The molecule has 0 aliphatic rings. The summed E-state index contributed by atoms with van der Waals surface area (Å²) in [4.78, 5) is 12.3. The smallest absolute Gasteiger partial charge is 0.409 e. The van der Waals surface area contributed by atoms with Gasteiger partial charge in [0, 0.05) is 0 Å². The Hall–Kier alpha value is -0.0300. The molecule has 14 heavy (non-hydrogen) atoms. The molecule has 2 unspecified atom stereocenters. The first-order valence-corrected chi connectivity index (χ1v) is 5.69. The molecule has 0 aromatic carbocycles. The summed E-state index contributed by atoms with van der Waals surface area (Å²) in [5.74, 6) is 0.339. The number of carbonyl (C=O) groups is 1. The Morgan fingerprint density at radius 2 is 1.36 bits per heavy atom. The van der Waals surface area contributed by atoms with Crippen molar-refractivity contribution in [3.63, 3.8) is 0 Å². The van der Waals surface area contributed by atoms with Crippen LogP contribution in [0.25, 0.3) is 0 Å². The average molecular weight is 237 g/mol. The third-order valence-corrected chi connectivity index (χ3v) is 3.67. The van der Waals surface area contributed by atoms with Crippen molar-refractivity contribution in [1.82, 2.24) is 4.90 Å². The SMILES string of the molecule is CC(C)C(S)N(C(=O)O)C(S)C(C)C. The molecular formula is C9H19NO2S2. The van der Waals surface area contributed by atoms with E-state index in [1.165, 1.54) is 4.90 Å². The van der Waals surface area contributed by atoms with Crippen LogP contribution in [0.1, 0.15) is 27.7 Å². The van der Waals surface area contributed by atoms with Crippen LogP contribution in [-0.2, 0) is 0 Å². The van der Waals surface area contributed by atoms with E-state index in [2.05, 4.69) is 25.3 Å². The maximum Gasteiger partial charge on any atom is 0.409 e. The first-order valence-electron chi connectivity index (χ1n) is 4.66. The van der Waals surface area contributed by atoms with Gasteiger partial charge in [0.25, 0.3) is 0 Å². The van der Waals surface area contributed by atoms with E-state index in [4.69, 9.17) is 5.11 Å². The highest BCUT2D eigenvalue weighted by atomic mass is 32.1. The maximum atomic E-state index is 11.0. The van der Waals surface area contributed by atoms with E-state index in [1.54, 1.807) is 0 Å². The summed E-state index contributed by atoms with van der Waals surface area (Å²) < 4.78 is 0. The Kier molecular flexibility index (Phi) is 5.74. The van der Waals surface area contributed by atoms with Crippen molar-refractivity contribution in [3.8, 4) is 0 Å². The molecular weight excluding hydrogens is 218 g/mol. The number of hydrogen-bond acceptors (Lipinski definition) is 3. The van der Waals surface area contributed by atoms with Crippen LogP contribution in [0, 0.1) is 11.8 Å². The minimum atomic E-state index is -0.965. The monoisotopic (exact) mass is 237 g/mol. The van der Waals surface area contributed by atoms with E-state index in [0.29, 0.717) is 0 Å². The molecule has 3 nitrogen and oxygen atoms in total. The first-order chi connectivity index (χ1) is 6.29. The summed E-state index contributed by atoms with van der Waals surface area (Å²) in [6.07, 6.45) is -0.965. The zero-order valence-corrected chi connectivity index (χ0v) is 10.8. The molecule has 0 radical (unpaired) electrons. The topological polar surface area (TPSA) is 40.5 Å². The molecule has 84 valence electrons. The Balaban J connectivity index is 4.68. The second-order valence-electron chi connectivity index (χ2n) is 4.01. The molecule has 0 rings (SSSR count). The van der Waals surface area contributed by atoms with Gasteiger partial charge in [0.2, 0.25) is 0 Å². The van der Waals surface area contributed by atoms with Gasteiger partial charge in [0.05, 0.1) is 10.7 Å². The van der Waals surface area contributed by atoms with Gasteiger partial charge in [-0.05, 0) is 11.8 Å². The predicted octanol–water partition coefficient (Wildman–Crippen LogP) is 2.79. The number of amides is 1. The fourth-order valence-electron chi connectivity index (χ4n) is 1.03. The third-order valence-electron chi connectivity index (χ3n) is 1.98. The molecule has 1 N–H and O–H groups in total. The van der Waals surface area contributed by atoms with Crippen LogP contribution in [0.15, 0.2) is 0 Å². The molecule has 5 heteroatoms. The number of thiol groups is 2. The Morgan fingerprint density at radius 1 is 1.07 bits per heavy atom. The molecule has 0 bridgehead atoms.